The molecule has 0 saturated carbocycles. The Bertz CT molecular complexity index is 844. The summed E-state index contributed by atoms with van der Waals surface area (Å²) in [6.45, 7) is 17.5. The first-order valence-electron chi connectivity index (χ1n) is 11.1. The molecule has 0 heterocycles. The maximum Gasteiger partial charge on any atom is 0.413 e. The molecule has 188 valence electrons. The third-order valence-corrected chi connectivity index (χ3v) is 6.28. The van der Waals surface area contributed by atoms with Crippen LogP contribution in [0.4, 0.5) is 4.79 Å². The van der Waals surface area contributed by atoms with E-state index in [1.807, 2.05) is 26.0 Å². The summed E-state index contributed by atoms with van der Waals surface area (Å²) in [7, 11) is -0.753. The minimum absolute atomic E-state index is 0.0107. The molecule has 8 nitrogen and oxygen atoms in total. The van der Waals surface area contributed by atoms with E-state index in [0.29, 0.717) is 5.75 Å². The summed E-state index contributed by atoms with van der Waals surface area (Å²) in [5.74, 6) is -0.925. The minimum Gasteiger partial charge on any atom is -0.461 e. The van der Waals surface area contributed by atoms with Crippen molar-refractivity contribution in [3.8, 4) is 5.75 Å². The predicted octanol–water partition coefficient (Wildman–Crippen LogP) is 3.94. The Kier molecular flexibility index (Phi) is 11.7. The largest absolute Gasteiger partial charge is 0.461 e. The van der Waals surface area contributed by atoms with Crippen LogP contribution < -0.4 is 10.1 Å². The van der Waals surface area contributed by atoms with Gasteiger partial charge < -0.3 is 24.0 Å². The van der Waals surface area contributed by atoms with Gasteiger partial charge in [-0.15, -0.1) is 0 Å². The molecule has 1 aromatic carbocycles. The van der Waals surface area contributed by atoms with Crippen LogP contribution in [0.2, 0.25) is 5.04 Å². The molecular formula is C25H37NO7Si. The molecule has 0 bridgehead atoms. The molecule has 34 heavy (non-hydrogen) atoms. The van der Waals surface area contributed by atoms with Crippen LogP contribution in [0, 0.1) is 0 Å². The third kappa shape index (κ3) is 11.3. The summed E-state index contributed by atoms with van der Waals surface area (Å²) >= 11 is 0. The maximum atomic E-state index is 12.4. The first-order chi connectivity index (χ1) is 15.9. The van der Waals surface area contributed by atoms with Crippen molar-refractivity contribution in [2.24, 2.45) is 0 Å². The summed E-state index contributed by atoms with van der Waals surface area (Å²) in [5, 5.41) is 2.62. The highest BCUT2D eigenvalue weighted by Crippen LogP contribution is 2.30. The first-order valence-corrected chi connectivity index (χ1v) is 12.4. The van der Waals surface area contributed by atoms with Crippen molar-refractivity contribution in [2.45, 2.75) is 64.1 Å². The quantitative estimate of drug-likeness (QED) is 0.253. The van der Waals surface area contributed by atoms with E-state index >= 15 is 0 Å². The van der Waals surface area contributed by atoms with Gasteiger partial charge in [0, 0.05) is 6.42 Å². The second-order valence-electron chi connectivity index (χ2n) is 9.40. The van der Waals surface area contributed by atoms with Crippen molar-refractivity contribution in [3.05, 3.63) is 55.1 Å². The van der Waals surface area contributed by atoms with Crippen molar-refractivity contribution < 1.29 is 33.0 Å². The lowest BCUT2D eigenvalue weighted by Crippen LogP contribution is -2.43. The number of hydrogen-bond acceptors (Lipinski definition) is 7. The molecule has 1 unspecified atom stereocenters. The van der Waals surface area contributed by atoms with Crippen molar-refractivity contribution in [1.29, 1.82) is 0 Å². The molecule has 1 N–H and O–H groups in total. The number of carbonyl (C=O) groups is 3. The van der Waals surface area contributed by atoms with Crippen molar-refractivity contribution in [1.82, 2.24) is 5.32 Å². The minimum atomic E-state index is -1.09. The van der Waals surface area contributed by atoms with Crippen LogP contribution in [0.15, 0.2) is 49.6 Å². The zero-order valence-corrected chi connectivity index (χ0v) is 22.3. The van der Waals surface area contributed by atoms with Crippen molar-refractivity contribution in [3.63, 3.8) is 0 Å². The average Bonchev–Trinajstić information content (AvgIpc) is 2.77. The molecule has 0 aromatic heterocycles. The second-order valence-corrected chi connectivity index (χ2v) is 12.1. The van der Waals surface area contributed by atoms with Crippen LogP contribution in [-0.2, 0) is 29.1 Å². The molecule has 0 radical (unpaired) electrons. The smallest absolute Gasteiger partial charge is 0.413 e. The number of carbonyl (C=O) groups excluding carboxylic acids is 3. The van der Waals surface area contributed by atoms with Gasteiger partial charge in [0.1, 0.15) is 25.0 Å². The van der Waals surface area contributed by atoms with E-state index in [0.717, 1.165) is 5.56 Å². The molecule has 0 spiro atoms. The lowest BCUT2D eigenvalue weighted by atomic mass is 9.99. The Morgan fingerprint density at radius 3 is 2.15 bits per heavy atom. The molecule has 1 aromatic rings. The Hall–Kier alpha value is -2.91. The number of esters is 2. The second kappa shape index (κ2) is 13.7. The van der Waals surface area contributed by atoms with Crippen LogP contribution in [-0.4, -0.2) is 47.1 Å². The van der Waals surface area contributed by atoms with E-state index in [4.69, 9.17) is 18.6 Å². The highest BCUT2D eigenvalue weighted by molar-refractivity contribution is 6.31. The van der Waals surface area contributed by atoms with Crippen LogP contribution in [0.3, 0.4) is 0 Å². The monoisotopic (exact) mass is 491 g/mol. The Balaban J connectivity index is 2.76. The van der Waals surface area contributed by atoms with Gasteiger partial charge in [0.25, 0.3) is 0 Å². The standard InChI is InChI=1S/C25H37NO7Si/c1-8-16-30-21(27)15-14-20(22(28)31-17-9-2)26-23(29)32-19-12-10-18(11-13-19)25(6,7)33-34-24(3,4)5/h8-13,20H,1-2,14-17,34H2,3-7H3,(H,26,29). The molecule has 1 rings (SSSR count). The molecule has 0 aliphatic carbocycles. The highest BCUT2D eigenvalue weighted by atomic mass is 28.2. The normalized spacial score (nSPS) is 12.6. The van der Waals surface area contributed by atoms with Crippen LogP contribution >= 0.6 is 0 Å². The van der Waals surface area contributed by atoms with E-state index in [2.05, 4.69) is 39.2 Å². The molecule has 0 saturated heterocycles. The van der Waals surface area contributed by atoms with Gasteiger partial charge in [-0.1, -0.05) is 58.2 Å². The van der Waals surface area contributed by atoms with E-state index in [1.54, 1.807) is 12.1 Å². The van der Waals surface area contributed by atoms with Crippen molar-refractivity contribution >= 4 is 27.8 Å². The number of rotatable bonds is 13. The Morgan fingerprint density at radius 2 is 1.59 bits per heavy atom. The van der Waals surface area contributed by atoms with Gasteiger partial charge in [-0.05, 0) is 43.0 Å². The topological polar surface area (TPSA) is 100 Å². The fourth-order valence-electron chi connectivity index (χ4n) is 2.66. The number of ether oxygens (including phenoxy) is 3. The maximum absolute atomic E-state index is 12.4. The van der Waals surface area contributed by atoms with E-state index in [9.17, 15) is 14.4 Å². The Labute approximate surface area is 204 Å². The van der Waals surface area contributed by atoms with Gasteiger partial charge in [0.15, 0.2) is 9.76 Å². The number of hydrogen-bond donors (Lipinski definition) is 1. The molecule has 0 aliphatic heterocycles. The van der Waals surface area contributed by atoms with Gasteiger partial charge in [-0.3, -0.25) is 4.79 Å². The van der Waals surface area contributed by atoms with Gasteiger partial charge >= 0.3 is 18.0 Å². The summed E-state index contributed by atoms with van der Waals surface area (Å²) in [6.07, 6.45) is 1.90. The molecule has 9 heteroatoms. The van der Waals surface area contributed by atoms with Crippen LogP contribution in [0.1, 0.15) is 53.0 Å². The van der Waals surface area contributed by atoms with E-state index < -0.39 is 39.4 Å². The average molecular weight is 492 g/mol. The molecule has 1 amide bonds. The van der Waals surface area contributed by atoms with E-state index in [-0.39, 0.29) is 31.1 Å². The van der Waals surface area contributed by atoms with E-state index in [1.165, 1.54) is 12.2 Å². The van der Waals surface area contributed by atoms with Gasteiger partial charge in [-0.2, -0.15) is 0 Å². The Morgan fingerprint density at radius 1 is 1.00 bits per heavy atom. The fourth-order valence-corrected chi connectivity index (χ4v) is 3.62. The van der Waals surface area contributed by atoms with Crippen LogP contribution in [0.25, 0.3) is 0 Å². The predicted molar refractivity (Wildman–Crippen MR) is 133 cm³/mol. The van der Waals surface area contributed by atoms with Crippen molar-refractivity contribution in [2.75, 3.05) is 13.2 Å². The first kappa shape index (κ1) is 29.1. The molecule has 1 atom stereocenters. The lowest BCUT2D eigenvalue weighted by Gasteiger charge is -2.30. The van der Waals surface area contributed by atoms with Gasteiger partial charge in [0.05, 0.1) is 5.60 Å². The van der Waals surface area contributed by atoms with Gasteiger partial charge in [-0.25, -0.2) is 9.59 Å². The number of benzene rings is 1. The number of nitrogens with one attached hydrogen (secondary N) is 1. The zero-order chi connectivity index (χ0) is 25.8. The highest BCUT2D eigenvalue weighted by Gasteiger charge is 2.26. The summed E-state index contributed by atoms with van der Waals surface area (Å²) in [4.78, 5) is 36.4. The third-order valence-electron chi connectivity index (χ3n) is 4.55. The molecular weight excluding hydrogens is 454 g/mol. The lowest BCUT2D eigenvalue weighted by molar-refractivity contribution is -0.146. The summed E-state index contributed by atoms with van der Waals surface area (Å²) in [5.41, 5.74) is 0.501. The zero-order valence-electron chi connectivity index (χ0n) is 20.8. The SMILES string of the molecule is C=CCOC(=O)CCC(NC(=O)Oc1ccc(C(C)(C)O[SiH2]C(C)(C)C)cc1)C(=O)OCC=C. The molecule has 0 fully saturated rings. The number of amides is 1. The van der Waals surface area contributed by atoms with Crippen LogP contribution in [0.5, 0.6) is 5.75 Å². The fraction of sp³-hybridized carbons (Fsp3) is 0.480. The summed E-state index contributed by atoms with van der Waals surface area (Å²) in [6, 6.07) is 5.92. The summed E-state index contributed by atoms with van der Waals surface area (Å²) < 4.78 is 21.4. The molecule has 0 aliphatic rings. The van der Waals surface area contributed by atoms with Gasteiger partial charge in [0.2, 0.25) is 0 Å².